The summed E-state index contributed by atoms with van der Waals surface area (Å²) < 4.78 is 6.08. The Balaban J connectivity index is 1.18. The minimum atomic E-state index is -0.853. The van der Waals surface area contributed by atoms with E-state index in [2.05, 4.69) is 83.8 Å². The molecule has 0 saturated carbocycles. The zero-order valence-electron chi connectivity index (χ0n) is 24.4. The average molecular weight is 582 g/mol. The first kappa shape index (κ1) is 29.5. The van der Waals surface area contributed by atoms with Crippen molar-refractivity contribution in [2.45, 2.75) is 65.1 Å². The number of H-pyrrole nitrogens is 1. The smallest absolute Gasteiger partial charge is 0.317 e. The molecule has 0 amide bonds. The highest BCUT2D eigenvalue weighted by atomic mass is 32.1. The van der Waals surface area contributed by atoms with Crippen LogP contribution in [-0.4, -0.2) is 32.5 Å². The lowest BCUT2D eigenvalue weighted by Crippen LogP contribution is -2.29. The Morgan fingerprint density at radius 3 is 2.38 bits per heavy atom. The molecule has 218 valence electrons. The number of benzene rings is 3. The molecular formula is C35H39N3O3S. The number of hydrogen-bond donors (Lipinski definition) is 2. The van der Waals surface area contributed by atoms with E-state index < -0.39 is 5.97 Å². The number of aliphatic carboxylic acids is 1. The van der Waals surface area contributed by atoms with Gasteiger partial charge < -0.3 is 14.8 Å². The van der Waals surface area contributed by atoms with Crippen molar-refractivity contribution < 1.29 is 14.6 Å². The molecule has 42 heavy (non-hydrogen) atoms. The number of carboxylic acids is 1. The number of imidazole rings is 1. The van der Waals surface area contributed by atoms with Gasteiger partial charge >= 0.3 is 5.97 Å². The predicted molar refractivity (Wildman–Crippen MR) is 171 cm³/mol. The maximum atomic E-state index is 11.6. The largest absolute Gasteiger partial charge is 0.489 e. The van der Waals surface area contributed by atoms with Gasteiger partial charge in [-0.2, -0.15) is 0 Å². The van der Waals surface area contributed by atoms with Crippen LogP contribution in [0.5, 0.6) is 5.75 Å². The Labute approximate surface area is 252 Å². The molecule has 0 saturated heterocycles. The Morgan fingerprint density at radius 1 is 0.952 bits per heavy atom. The van der Waals surface area contributed by atoms with Crippen LogP contribution in [0.25, 0.3) is 22.2 Å². The molecule has 0 spiro atoms. The fourth-order valence-corrected chi connectivity index (χ4v) is 6.39. The lowest BCUT2D eigenvalue weighted by molar-refractivity contribution is -0.138. The van der Waals surface area contributed by atoms with Crippen LogP contribution in [0.4, 0.5) is 0 Å². The summed E-state index contributed by atoms with van der Waals surface area (Å²) in [4.78, 5) is 22.5. The molecule has 6 nitrogen and oxygen atoms in total. The molecule has 2 heterocycles. The molecule has 7 heteroatoms. The first-order valence-corrected chi connectivity index (χ1v) is 15.7. The molecule has 3 aromatic carbocycles. The van der Waals surface area contributed by atoms with Crippen molar-refractivity contribution in [1.82, 2.24) is 14.9 Å². The van der Waals surface area contributed by atoms with E-state index in [1.807, 2.05) is 29.2 Å². The van der Waals surface area contributed by atoms with Crippen LogP contribution >= 0.6 is 11.3 Å². The lowest BCUT2D eigenvalue weighted by Gasteiger charge is -2.18. The SMILES string of the molecule is CCCC(CCC)c1ccc(OCc2ccc(-c3csc(CN(CC(=O)O)Cc4nc5ccccc5[nH]4)c3)cc2)cc1. The number of carboxylic acid groups (broad SMARTS) is 1. The van der Waals surface area contributed by atoms with E-state index in [4.69, 9.17) is 4.74 Å². The number of nitrogens with one attached hydrogen (secondary N) is 1. The fraction of sp³-hybridized carbons (Fsp3) is 0.314. The number of para-hydroxylation sites is 2. The molecule has 0 radical (unpaired) electrons. The van der Waals surface area contributed by atoms with Crippen molar-refractivity contribution in [3.63, 3.8) is 0 Å². The van der Waals surface area contributed by atoms with E-state index in [0.717, 1.165) is 44.2 Å². The zero-order chi connectivity index (χ0) is 29.3. The van der Waals surface area contributed by atoms with Crippen LogP contribution in [0.3, 0.4) is 0 Å². The van der Waals surface area contributed by atoms with Gasteiger partial charge in [-0.3, -0.25) is 9.69 Å². The molecule has 0 aliphatic rings. The van der Waals surface area contributed by atoms with Gasteiger partial charge in [0.05, 0.1) is 24.1 Å². The summed E-state index contributed by atoms with van der Waals surface area (Å²) in [6.07, 6.45) is 4.88. The van der Waals surface area contributed by atoms with Crippen LogP contribution in [0.2, 0.25) is 0 Å². The van der Waals surface area contributed by atoms with E-state index in [1.54, 1.807) is 11.3 Å². The van der Waals surface area contributed by atoms with Crippen molar-refractivity contribution in [3.05, 3.63) is 106 Å². The number of rotatable bonds is 15. The number of fused-ring (bicyclic) bond motifs is 1. The van der Waals surface area contributed by atoms with E-state index in [1.165, 1.54) is 31.2 Å². The minimum Gasteiger partial charge on any atom is -0.489 e. The first-order valence-electron chi connectivity index (χ1n) is 14.8. The molecule has 0 aliphatic carbocycles. The standard InChI is InChI=1S/C35H39N3O3S/c1-3-7-26(8-4-2)27-15-17-30(18-16-27)41-23-25-11-13-28(14-12-25)29-19-31(42-24-29)20-38(22-35(39)40)21-34-36-32-9-5-6-10-33(32)37-34/h5-6,9-19,24,26H,3-4,7-8,20-23H2,1-2H3,(H,36,37)(H,39,40). The Bertz CT molecular complexity index is 1530. The predicted octanol–water partition coefficient (Wildman–Crippen LogP) is 8.64. The maximum absolute atomic E-state index is 11.6. The third-order valence-corrected chi connectivity index (χ3v) is 8.44. The van der Waals surface area contributed by atoms with E-state index in [0.29, 0.717) is 25.6 Å². The molecule has 5 rings (SSSR count). The summed E-state index contributed by atoms with van der Waals surface area (Å²) in [5, 5.41) is 11.6. The van der Waals surface area contributed by atoms with Crippen LogP contribution in [0.15, 0.2) is 84.2 Å². The topological polar surface area (TPSA) is 78.4 Å². The van der Waals surface area contributed by atoms with Gasteiger partial charge in [0.25, 0.3) is 0 Å². The molecule has 0 atom stereocenters. The van der Waals surface area contributed by atoms with Gasteiger partial charge in [0, 0.05) is 11.4 Å². The van der Waals surface area contributed by atoms with Crippen LogP contribution in [0, 0.1) is 0 Å². The zero-order valence-corrected chi connectivity index (χ0v) is 25.2. The van der Waals surface area contributed by atoms with Crippen molar-refractivity contribution in [2.24, 2.45) is 0 Å². The average Bonchev–Trinajstić information content (AvgIpc) is 3.63. The number of aromatic amines is 1. The first-order chi connectivity index (χ1) is 20.5. The van der Waals surface area contributed by atoms with Crippen molar-refractivity contribution in [2.75, 3.05) is 6.54 Å². The Kier molecular flexibility index (Phi) is 10.1. The minimum absolute atomic E-state index is 0.0558. The van der Waals surface area contributed by atoms with Gasteiger partial charge in [-0.25, -0.2) is 4.98 Å². The second-order valence-corrected chi connectivity index (χ2v) is 11.9. The Hall–Kier alpha value is -3.94. The molecule has 2 N–H and O–H groups in total. The monoisotopic (exact) mass is 581 g/mol. The molecule has 5 aromatic rings. The summed E-state index contributed by atoms with van der Waals surface area (Å²) in [5.41, 5.74) is 6.63. The molecule has 2 aromatic heterocycles. The van der Waals surface area contributed by atoms with Gasteiger partial charge in [0.15, 0.2) is 0 Å². The van der Waals surface area contributed by atoms with Gasteiger partial charge in [-0.1, -0.05) is 75.2 Å². The Morgan fingerprint density at radius 2 is 1.69 bits per heavy atom. The van der Waals surface area contributed by atoms with Gasteiger partial charge in [-0.15, -0.1) is 11.3 Å². The molecule has 0 fully saturated rings. The second-order valence-electron chi connectivity index (χ2n) is 10.9. The molecular weight excluding hydrogens is 542 g/mol. The third kappa shape index (κ3) is 7.87. The van der Waals surface area contributed by atoms with Crippen LogP contribution < -0.4 is 4.74 Å². The number of ether oxygens (including phenoxy) is 1. The van der Waals surface area contributed by atoms with Gasteiger partial charge in [0.1, 0.15) is 18.2 Å². The molecule has 0 aliphatic heterocycles. The lowest BCUT2D eigenvalue weighted by atomic mass is 9.90. The summed E-state index contributed by atoms with van der Waals surface area (Å²) in [5.74, 6) is 1.44. The number of aromatic nitrogens is 2. The van der Waals surface area contributed by atoms with Gasteiger partial charge in [0.2, 0.25) is 0 Å². The molecule has 0 bridgehead atoms. The van der Waals surface area contributed by atoms with Crippen LogP contribution in [-0.2, 0) is 24.5 Å². The second kappa shape index (κ2) is 14.3. The van der Waals surface area contributed by atoms with Crippen molar-refractivity contribution in [1.29, 1.82) is 0 Å². The number of carbonyl (C=O) groups is 1. The van der Waals surface area contributed by atoms with E-state index in [9.17, 15) is 9.90 Å². The van der Waals surface area contributed by atoms with Crippen molar-refractivity contribution in [3.8, 4) is 16.9 Å². The quantitative estimate of drug-likeness (QED) is 0.129. The number of hydrogen-bond acceptors (Lipinski definition) is 5. The molecule has 0 unspecified atom stereocenters. The van der Waals surface area contributed by atoms with Crippen LogP contribution in [0.1, 0.15) is 67.3 Å². The third-order valence-electron chi connectivity index (χ3n) is 7.52. The summed E-state index contributed by atoms with van der Waals surface area (Å²) in [6.45, 7) is 5.95. The van der Waals surface area contributed by atoms with Crippen molar-refractivity contribution >= 4 is 28.3 Å². The fourth-order valence-electron chi connectivity index (χ4n) is 5.46. The van der Waals surface area contributed by atoms with E-state index >= 15 is 0 Å². The highest BCUT2D eigenvalue weighted by Gasteiger charge is 2.15. The normalized spacial score (nSPS) is 11.5. The number of nitrogens with zero attached hydrogens (tertiary/aromatic N) is 2. The van der Waals surface area contributed by atoms with E-state index in [-0.39, 0.29) is 6.54 Å². The highest BCUT2D eigenvalue weighted by molar-refractivity contribution is 7.10. The van der Waals surface area contributed by atoms with Gasteiger partial charge in [-0.05, 0) is 76.7 Å². The highest BCUT2D eigenvalue weighted by Crippen LogP contribution is 2.29. The summed E-state index contributed by atoms with van der Waals surface area (Å²) in [7, 11) is 0. The summed E-state index contributed by atoms with van der Waals surface area (Å²) in [6, 6.07) is 27.1. The maximum Gasteiger partial charge on any atom is 0.317 e. The number of thiophene rings is 1. The summed E-state index contributed by atoms with van der Waals surface area (Å²) >= 11 is 1.65.